The van der Waals surface area contributed by atoms with Crippen molar-refractivity contribution in [1.82, 2.24) is 9.97 Å². The molecular formula is C11H16N2O4S2. The van der Waals surface area contributed by atoms with Crippen molar-refractivity contribution in [1.29, 1.82) is 0 Å². The quantitative estimate of drug-likeness (QED) is 0.622. The van der Waals surface area contributed by atoms with Gasteiger partial charge in [0, 0.05) is 18.4 Å². The highest BCUT2D eigenvalue weighted by molar-refractivity contribution is 8.00. The topological polar surface area (TPSA) is 97.2 Å². The van der Waals surface area contributed by atoms with Gasteiger partial charge in [0.25, 0.3) is 0 Å². The van der Waals surface area contributed by atoms with Gasteiger partial charge in [-0.25, -0.2) is 23.2 Å². The Bertz CT molecular complexity index is 585. The first-order valence-corrected chi connectivity index (χ1v) is 8.70. The summed E-state index contributed by atoms with van der Waals surface area (Å²) < 4.78 is 22.1. The first kappa shape index (κ1) is 15.9. The van der Waals surface area contributed by atoms with Crippen LogP contribution in [0.3, 0.4) is 0 Å². The number of aryl methyl sites for hydroxylation is 2. The molecule has 1 heterocycles. The predicted octanol–water partition coefficient (Wildman–Crippen LogP) is 1.18. The van der Waals surface area contributed by atoms with Crippen LogP contribution in [0.25, 0.3) is 0 Å². The number of carboxylic acid groups (broad SMARTS) is 1. The molecular weight excluding hydrogens is 288 g/mol. The number of carboxylic acids is 1. The maximum Gasteiger partial charge on any atom is 0.340 e. The first-order chi connectivity index (χ1) is 8.74. The molecule has 1 N–H and O–H groups in total. The fraction of sp³-hybridized carbons (Fsp3) is 0.545. The molecule has 0 spiro atoms. The molecule has 6 nitrogen and oxygen atoms in total. The van der Waals surface area contributed by atoms with Gasteiger partial charge in [-0.05, 0) is 6.92 Å². The van der Waals surface area contributed by atoms with E-state index in [0.29, 0.717) is 23.0 Å². The Labute approximate surface area is 116 Å². The smallest absolute Gasteiger partial charge is 0.340 e. The monoisotopic (exact) mass is 304 g/mol. The molecule has 19 heavy (non-hydrogen) atoms. The summed E-state index contributed by atoms with van der Waals surface area (Å²) in [6.07, 6.45) is 1.74. The van der Waals surface area contributed by atoms with Crippen molar-refractivity contribution in [3.05, 3.63) is 17.1 Å². The van der Waals surface area contributed by atoms with Crippen molar-refractivity contribution >= 4 is 27.6 Å². The molecule has 0 atom stereocenters. The molecule has 1 rings (SSSR count). The summed E-state index contributed by atoms with van der Waals surface area (Å²) >= 11 is 1.13. The number of thioether (sulfide) groups is 1. The molecule has 0 fully saturated rings. The van der Waals surface area contributed by atoms with Gasteiger partial charge in [0.1, 0.15) is 26.3 Å². The standard InChI is InChI=1S/C11H16N2O4S2/c1-4-8-12-7(2)9(11(14)15)10(13-8)18-5-6-19(3,16)17/h4-6H2,1-3H3,(H,14,15). The Balaban J connectivity index is 3.03. The fourth-order valence-electron chi connectivity index (χ4n) is 1.40. The number of sulfone groups is 1. The average molecular weight is 304 g/mol. The molecule has 0 aromatic carbocycles. The number of aromatic nitrogens is 2. The highest BCUT2D eigenvalue weighted by atomic mass is 32.2. The minimum Gasteiger partial charge on any atom is -0.478 e. The van der Waals surface area contributed by atoms with E-state index < -0.39 is 15.8 Å². The van der Waals surface area contributed by atoms with Crippen LogP contribution in [-0.4, -0.2) is 47.2 Å². The van der Waals surface area contributed by atoms with Gasteiger partial charge in [-0.3, -0.25) is 0 Å². The number of rotatable bonds is 6. The van der Waals surface area contributed by atoms with Gasteiger partial charge in [-0.2, -0.15) is 0 Å². The van der Waals surface area contributed by atoms with Crippen LogP contribution >= 0.6 is 11.8 Å². The maximum atomic E-state index is 11.2. The summed E-state index contributed by atoms with van der Waals surface area (Å²) in [7, 11) is -3.06. The maximum absolute atomic E-state index is 11.2. The molecule has 0 aliphatic heterocycles. The predicted molar refractivity (Wildman–Crippen MR) is 73.5 cm³/mol. The van der Waals surface area contributed by atoms with Gasteiger partial charge >= 0.3 is 5.97 Å². The van der Waals surface area contributed by atoms with Crippen molar-refractivity contribution in [2.45, 2.75) is 25.3 Å². The summed E-state index contributed by atoms with van der Waals surface area (Å²) in [5, 5.41) is 9.49. The number of aromatic carboxylic acids is 1. The van der Waals surface area contributed by atoms with Crippen molar-refractivity contribution in [3.8, 4) is 0 Å². The van der Waals surface area contributed by atoms with Crippen LogP contribution in [0.5, 0.6) is 0 Å². The lowest BCUT2D eigenvalue weighted by atomic mass is 10.2. The molecule has 0 radical (unpaired) electrons. The van der Waals surface area contributed by atoms with Crippen LogP contribution < -0.4 is 0 Å². The molecule has 1 aromatic rings. The molecule has 0 aliphatic rings. The van der Waals surface area contributed by atoms with E-state index in [2.05, 4.69) is 9.97 Å². The fourth-order valence-corrected chi connectivity index (χ4v) is 3.69. The van der Waals surface area contributed by atoms with Crippen LogP contribution in [0.2, 0.25) is 0 Å². The lowest BCUT2D eigenvalue weighted by Gasteiger charge is -2.09. The summed E-state index contributed by atoms with van der Waals surface area (Å²) in [6, 6.07) is 0. The number of hydrogen-bond donors (Lipinski definition) is 1. The van der Waals surface area contributed by atoms with E-state index in [0.717, 1.165) is 18.0 Å². The van der Waals surface area contributed by atoms with E-state index in [1.165, 1.54) is 0 Å². The van der Waals surface area contributed by atoms with Crippen LogP contribution in [0, 0.1) is 6.92 Å². The van der Waals surface area contributed by atoms with E-state index >= 15 is 0 Å². The van der Waals surface area contributed by atoms with Crippen LogP contribution in [0.1, 0.15) is 28.8 Å². The third-order valence-corrected chi connectivity index (χ3v) is 4.51. The third kappa shape index (κ3) is 4.79. The highest BCUT2D eigenvalue weighted by Gasteiger charge is 2.18. The van der Waals surface area contributed by atoms with E-state index in [1.54, 1.807) is 6.92 Å². The van der Waals surface area contributed by atoms with Crippen LogP contribution in [0.15, 0.2) is 5.03 Å². The Kier molecular flexibility index (Phi) is 5.30. The lowest BCUT2D eigenvalue weighted by Crippen LogP contribution is -2.11. The Hall–Kier alpha value is -1.15. The summed E-state index contributed by atoms with van der Waals surface area (Å²) in [5.41, 5.74) is 0.455. The van der Waals surface area contributed by atoms with Gasteiger partial charge in [0.05, 0.1) is 11.4 Å². The normalized spacial score (nSPS) is 11.5. The molecule has 8 heteroatoms. The van der Waals surface area contributed by atoms with Crippen LogP contribution in [0.4, 0.5) is 0 Å². The van der Waals surface area contributed by atoms with Crippen molar-refractivity contribution in [3.63, 3.8) is 0 Å². The highest BCUT2D eigenvalue weighted by Crippen LogP contribution is 2.23. The molecule has 0 saturated heterocycles. The second kappa shape index (κ2) is 6.33. The van der Waals surface area contributed by atoms with Crippen LogP contribution in [-0.2, 0) is 16.3 Å². The Morgan fingerprint density at radius 1 is 1.37 bits per heavy atom. The van der Waals surface area contributed by atoms with E-state index in [9.17, 15) is 13.2 Å². The number of nitrogens with zero attached hydrogens (tertiary/aromatic N) is 2. The Morgan fingerprint density at radius 3 is 2.47 bits per heavy atom. The molecule has 0 aliphatic carbocycles. The van der Waals surface area contributed by atoms with Crippen molar-refractivity contribution in [2.24, 2.45) is 0 Å². The zero-order chi connectivity index (χ0) is 14.6. The molecule has 0 unspecified atom stereocenters. The van der Waals surface area contributed by atoms with Gasteiger partial charge in [0.2, 0.25) is 0 Å². The van der Waals surface area contributed by atoms with Crippen molar-refractivity contribution < 1.29 is 18.3 Å². The summed E-state index contributed by atoms with van der Waals surface area (Å²) in [6.45, 7) is 3.49. The molecule has 0 amide bonds. The van der Waals surface area contributed by atoms with Gasteiger partial charge in [-0.15, -0.1) is 11.8 Å². The third-order valence-electron chi connectivity index (χ3n) is 2.33. The Morgan fingerprint density at radius 2 is 2.00 bits per heavy atom. The van der Waals surface area contributed by atoms with Gasteiger partial charge in [-0.1, -0.05) is 6.92 Å². The molecule has 0 saturated carbocycles. The molecule has 0 bridgehead atoms. The van der Waals surface area contributed by atoms with E-state index in [1.807, 2.05) is 6.92 Å². The molecule has 106 valence electrons. The van der Waals surface area contributed by atoms with E-state index in [-0.39, 0.29) is 17.1 Å². The average Bonchev–Trinajstić information content (AvgIpc) is 2.25. The van der Waals surface area contributed by atoms with E-state index in [4.69, 9.17) is 5.11 Å². The summed E-state index contributed by atoms with van der Waals surface area (Å²) in [5.74, 6) is -0.272. The number of carbonyl (C=O) groups is 1. The first-order valence-electron chi connectivity index (χ1n) is 5.66. The number of hydrogen-bond acceptors (Lipinski definition) is 6. The minimum absolute atomic E-state index is 0.0127. The molecule has 1 aromatic heterocycles. The largest absolute Gasteiger partial charge is 0.478 e. The summed E-state index contributed by atoms with van der Waals surface area (Å²) in [4.78, 5) is 19.5. The second-order valence-corrected chi connectivity index (χ2v) is 7.39. The van der Waals surface area contributed by atoms with Crippen molar-refractivity contribution in [2.75, 3.05) is 17.8 Å². The van der Waals surface area contributed by atoms with Gasteiger partial charge in [0.15, 0.2) is 0 Å². The zero-order valence-electron chi connectivity index (χ0n) is 11.0. The minimum atomic E-state index is -3.06. The second-order valence-electron chi connectivity index (χ2n) is 4.04. The SMILES string of the molecule is CCc1nc(C)c(C(=O)O)c(SCCS(C)(=O)=O)n1. The van der Waals surface area contributed by atoms with Gasteiger partial charge < -0.3 is 5.11 Å². The lowest BCUT2D eigenvalue weighted by molar-refractivity contribution is 0.0690. The zero-order valence-corrected chi connectivity index (χ0v) is 12.6.